The Kier molecular flexibility index (Phi) is 7.15. The fourth-order valence-electron chi connectivity index (χ4n) is 1.43. The SMILES string of the molecule is CCCCN(CC)CC(C)(CO)NC. The quantitative estimate of drug-likeness (QED) is 0.618. The van der Waals surface area contributed by atoms with Gasteiger partial charge in [0, 0.05) is 6.54 Å². The molecule has 0 saturated heterocycles. The van der Waals surface area contributed by atoms with E-state index >= 15 is 0 Å². The first kappa shape index (κ1) is 13.9. The van der Waals surface area contributed by atoms with Crippen molar-refractivity contribution in [2.24, 2.45) is 0 Å². The van der Waals surface area contributed by atoms with E-state index in [2.05, 4.69) is 31.0 Å². The summed E-state index contributed by atoms with van der Waals surface area (Å²) in [6.45, 7) is 9.71. The molecule has 0 fully saturated rings. The van der Waals surface area contributed by atoms with Gasteiger partial charge < -0.3 is 15.3 Å². The van der Waals surface area contributed by atoms with Gasteiger partial charge in [-0.1, -0.05) is 20.3 Å². The minimum atomic E-state index is -0.163. The van der Waals surface area contributed by atoms with E-state index in [0.717, 1.165) is 19.6 Å². The zero-order chi connectivity index (χ0) is 11.0. The van der Waals surface area contributed by atoms with Crippen LogP contribution in [0.4, 0.5) is 0 Å². The van der Waals surface area contributed by atoms with Crippen molar-refractivity contribution in [1.82, 2.24) is 10.2 Å². The lowest BCUT2D eigenvalue weighted by atomic mass is 10.0. The van der Waals surface area contributed by atoms with Crippen molar-refractivity contribution >= 4 is 0 Å². The van der Waals surface area contributed by atoms with Gasteiger partial charge in [0.15, 0.2) is 0 Å². The van der Waals surface area contributed by atoms with Gasteiger partial charge in [0.05, 0.1) is 12.1 Å². The van der Waals surface area contributed by atoms with E-state index in [1.54, 1.807) is 0 Å². The second-order valence-electron chi connectivity index (χ2n) is 4.19. The third-order valence-corrected chi connectivity index (χ3v) is 2.80. The smallest absolute Gasteiger partial charge is 0.0623 e. The first-order chi connectivity index (χ1) is 6.61. The zero-order valence-corrected chi connectivity index (χ0v) is 10.1. The molecule has 3 nitrogen and oxygen atoms in total. The topological polar surface area (TPSA) is 35.5 Å². The number of rotatable bonds is 8. The Morgan fingerprint density at radius 2 is 2.00 bits per heavy atom. The number of likely N-dealkylation sites (N-methyl/N-ethyl adjacent to an activating group) is 2. The van der Waals surface area contributed by atoms with Crippen LogP contribution in [0.5, 0.6) is 0 Å². The summed E-state index contributed by atoms with van der Waals surface area (Å²) in [7, 11) is 1.91. The summed E-state index contributed by atoms with van der Waals surface area (Å²) in [5, 5.41) is 12.4. The molecule has 14 heavy (non-hydrogen) atoms. The Morgan fingerprint density at radius 1 is 1.36 bits per heavy atom. The van der Waals surface area contributed by atoms with Crippen molar-refractivity contribution in [2.75, 3.05) is 33.3 Å². The molecule has 0 aliphatic rings. The zero-order valence-electron chi connectivity index (χ0n) is 10.1. The second kappa shape index (κ2) is 7.21. The highest BCUT2D eigenvalue weighted by molar-refractivity contribution is 4.84. The normalized spacial score (nSPS) is 15.9. The van der Waals surface area contributed by atoms with Crippen molar-refractivity contribution in [3.8, 4) is 0 Å². The van der Waals surface area contributed by atoms with Gasteiger partial charge in [-0.15, -0.1) is 0 Å². The van der Waals surface area contributed by atoms with Gasteiger partial charge in [0.25, 0.3) is 0 Å². The first-order valence-electron chi connectivity index (χ1n) is 5.64. The summed E-state index contributed by atoms with van der Waals surface area (Å²) in [5.74, 6) is 0. The molecule has 1 unspecified atom stereocenters. The minimum Gasteiger partial charge on any atom is -0.394 e. The van der Waals surface area contributed by atoms with Crippen LogP contribution in [0.1, 0.15) is 33.6 Å². The molecule has 0 bridgehead atoms. The van der Waals surface area contributed by atoms with Crippen LogP contribution < -0.4 is 5.32 Å². The monoisotopic (exact) mass is 202 g/mol. The number of aliphatic hydroxyl groups is 1. The molecule has 0 aliphatic carbocycles. The molecule has 0 aliphatic heterocycles. The number of hydrogen-bond acceptors (Lipinski definition) is 3. The van der Waals surface area contributed by atoms with E-state index in [1.165, 1.54) is 12.8 Å². The molecule has 0 aromatic heterocycles. The summed E-state index contributed by atoms with van der Waals surface area (Å²) in [4.78, 5) is 2.39. The molecular weight excluding hydrogens is 176 g/mol. The van der Waals surface area contributed by atoms with Crippen LogP contribution in [0.2, 0.25) is 0 Å². The van der Waals surface area contributed by atoms with Gasteiger partial charge in [-0.2, -0.15) is 0 Å². The van der Waals surface area contributed by atoms with Crippen LogP contribution in [0, 0.1) is 0 Å². The lowest BCUT2D eigenvalue weighted by Gasteiger charge is -2.33. The predicted octanol–water partition coefficient (Wildman–Crippen LogP) is 1.08. The van der Waals surface area contributed by atoms with E-state index in [-0.39, 0.29) is 12.1 Å². The minimum absolute atomic E-state index is 0.163. The molecule has 0 amide bonds. The highest BCUT2D eigenvalue weighted by Crippen LogP contribution is 2.06. The third-order valence-electron chi connectivity index (χ3n) is 2.80. The van der Waals surface area contributed by atoms with Crippen LogP contribution in [0.25, 0.3) is 0 Å². The fraction of sp³-hybridized carbons (Fsp3) is 1.00. The van der Waals surface area contributed by atoms with E-state index in [4.69, 9.17) is 0 Å². The van der Waals surface area contributed by atoms with E-state index in [9.17, 15) is 5.11 Å². The lowest BCUT2D eigenvalue weighted by molar-refractivity contribution is 0.128. The first-order valence-corrected chi connectivity index (χ1v) is 5.64. The summed E-state index contributed by atoms with van der Waals surface area (Å²) >= 11 is 0. The summed E-state index contributed by atoms with van der Waals surface area (Å²) in [5.41, 5.74) is -0.163. The molecule has 0 heterocycles. The van der Waals surface area contributed by atoms with Crippen molar-refractivity contribution < 1.29 is 5.11 Å². The van der Waals surface area contributed by atoms with Gasteiger partial charge in [-0.3, -0.25) is 0 Å². The van der Waals surface area contributed by atoms with Crippen LogP contribution >= 0.6 is 0 Å². The maximum absolute atomic E-state index is 9.27. The molecule has 2 N–H and O–H groups in total. The largest absolute Gasteiger partial charge is 0.394 e. The highest BCUT2D eigenvalue weighted by atomic mass is 16.3. The Hall–Kier alpha value is -0.120. The van der Waals surface area contributed by atoms with Gasteiger partial charge >= 0.3 is 0 Å². The molecule has 0 rings (SSSR count). The van der Waals surface area contributed by atoms with Crippen LogP contribution in [-0.2, 0) is 0 Å². The van der Waals surface area contributed by atoms with Gasteiger partial charge in [-0.05, 0) is 33.5 Å². The maximum Gasteiger partial charge on any atom is 0.0623 e. The molecule has 3 heteroatoms. The molecule has 1 atom stereocenters. The number of unbranched alkanes of at least 4 members (excludes halogenated alkanes) is 1. The number of hydrogen-bond donors (Lipinski definition) is 2. The van der Waals surface area contributed by atoms with Gasteiger partial charge in [-0.25, -0.2) is 0 Å². The van der Waals surface area contributed by atoms with Crippen molar-refractivity contribution in [3.05, 3.63) is 0 Å². The summed E-state index contributed by atoms with van der Waals surface area (Å²) in [6, 6.07) is 0. The number of nitrogens with zero attached hydrogens (tertiary/aromatic N) is 1. The molecule has 86 valence electrons. The van der Waals surface area contributed by atoms with Crippen LogP contribution in [-0.4, -0.2) is 48.8 Å². The Morgan fingerprint density at radius 3 is 2.36 bits per heavy atom. The molecular formula is C11H26N2O. The molecule has 0 aromatic carbocycles. The van der Waals surface area contributed by atoms with Crippen molar-refractivity contribution in [3.63, 3.8) is 0 Å². The Labute approximate surface area is 88.5 Å². The maximum atomic E-state index is 9.27. The van der Waals surface area contributed by atoms with Crippen molar-refractivity contribution in [1.29, 1.82) is 0 Å². The average molecular weight is 202 g/mol. The average Bonchev–Trinajstić information content (AvgIpc) is 2.23. The Balaban J connectivity index is 4.00. The summed E-state index contributed by atoms with van der Waals surface area (Å²) < 4.78 is 0. The third kappa shape index (κ3) is 4.94. The van der Waals surface area contributed by atoms with E-state index in [1.807, 2.05) is 7.05 Å². The second-order valence-corrected chi connectivity index (χ2v) is 4.19. The summed E-state index contributed by atoms with van der Waals surface area (Å²) in [6.07, 6.45) is 2.46. The number of aliphatic hydroxyl groups excluding tert-OH is 1. The van der Waals surface area contributed by atoms with Crippen LogP contribution in [0.3, 0.4) is 0 Å². The lowest BCUT2D eigenvalue weighted by Crippen LogP contribution is -2.52. The Bertz CT molecular complexity index is 135. The number of nitrogens with one attached hydrogen (secondary N) is 1. The van der Waals surface area contributed by atoms with Crippen molar-refractivity contribution in [2.45, 2.75) is 39.2 Å². The van der Waals surface area contributed by atoms with Gasteiger partial charge in [0.1, 0.15) is 0 Å². The standard InChI is InChI=1S/C11H26N2O/c1-5-7-8-13(6-2)9-11(3,10-14)12-4/h12,14H,5-10H2,1-4H3. The fourth-order valence-corrected chi connectivity index (χ4v) is 1.43. The highest BCUT2D eigenvalue weighted by Gasteiger charge is 2.23. The van der Waals surface area contributed by atoms with Crippen LogP contribution in [0.15, 0.2) is 0 Å². The molecule has 0 radical (unpaired) electrons. The molecule has 0 aromatic rings. The predicted molar refractivity (Wildman–Crippen MR) is 61.6 cm³/mol. The van der Waals surface area contributed by atoms with Gasteiger partial charge in [0.2, 0.25) is 0 Å². The molecule has 0 spiro atoms. The molecule has 0 saturated carbocycles. The van der Waals surface area contributed by atoms with E-state index < -0.39 is 0 Å². The van der Waals surface area contributed by atoms with E-state index in [0.29, 0.717) is 0 Å².